The second-order valence-electron chi connectivity index (χ2n) is 3.68. The molecule has 0 radical (unpaired) electrons. The third-order valence-corrected chi connectivity index (χ3v) is 3.54. The summed E-state index contributed by atoms with van der Waals surface area (Å²) >= 11 is 17.6. The van der Waals surface area contributed by atoms with Gasteiger partial charge in [0.25, 0.3) is 0 Å². The van der Waals surface area contributed by atoms with E-state index in [4.69, 9.17) is 34.8 Å². The van der Waals surface area contributed by atoms with Gasteiger partial charge in [-0.05, 0) is 24.6 Å². The molecule has 0 amide bonds. The molecule has 6 heteroatoms. The lowest BCUT2D eigenvalue weighted by atomic mass is 10.0. The fourth-order valence-corrected chi connectivity index (χ4v) is 2.01. The van der Waals surface area contributed by atoms with E-state index in [0.717, 1.165) is 0 Å². The fraction of sp³-hybridized carbons (Fsp3) is 0.333. The lowest BCUT2D eigenvalue weighted by molar-refractivity contribution is -0.140. The maximum atomic E-state index is 11.9. The summed E-state index contributed by atoms with van der Waals surface area (Å²) < 4.78 is 4.44. The standard InChI is InChI=1S/C12H11Cl3O3/c1-6-8(13)3-7(4-9(6)14)11(16)5-10(15)12(17)18-2/h3-4,10H,5H2,1-2H3. The van der Waals surface area contributed by atoms with E-state index < -0.39 is 11.3 Å². The minimum absolute atomic E-state index is 0.163. The molecule has 0 aliphatic heterocycles. The van der Waals surface area contributed by atoms with Gasteiger partial charge in [0.2, 0.25) is 0 Å². The summed E-state index contributed by atoms with van der Waals surface area (Å²) in [4.78, 5) is 23.0. The maximum Gasteiger partial charge on any atom is 0.324 e. The van der Waals surface area contributed by atoms with Crippen LogP contribution in [0.5, 0.6) is 0 Å². The van der Waals surface area contributed by atoms with Crippen LogP contribution in [0.2, 0.25) is 10.0 Å². The van der Waals surface area contributed by atoms with Gasteiger partial charge in [-0.3, -0.25) is 9.59 Å². The Morgan fingerprint density at radius 2 is 1.78 bits per heavy atom. The van der Waals surface area contributed by atoms with Crippen LogP contribution in [0.4, 0.5) is 0 Å². The zero-order valence-electron chi connectivity index (χ0n) is 9.80. The van der Waals surface area contributed by atoms with E-state index in [1.807, 2.05) is 0 Å². The summed E-state index contributed by atoms with van der Waals surface area (Å²) in [6, 6.07) is 3.01. The lowest BCUT2D eigenvalue weighted by Crippen LogP contribution is -2.20. The molecule has 0 aromatic heterocycles. The zero-order chi connectivity index (χ0) is 13.9. The number of carbonyl (C=O) groups excluding carboxylic acids is 2. The molecule has 0 bridgehead atoms. The van der Waals surface area contributed by atoms with Crippen LogP contribution < -0.4 is 0 Å². The first-order valence-electron chi connectivity index (χ1n) is 5.07. The van der Waals surface area contributed by atoms with Crippen molar-refractivity contribution in [2.75, 3.05) is 7.11 Å². The number of hydrogen-bond acceptors (Lipinski definition) is 3. The Morgan fingerprint density at radius 3 is 2.22 bits per heavy atom. The van der Waals surface area contributed by atoms with Crippen molar-refractivity contribution in [1.82, 2.24) is 0 Å². The van der Waals surface area contributed by atoms with Gasteiger partial charge >= 0.3 is 5.97 Å². The largest absolute Gasteiger partial charge is 0.468 e. The van der Waals surface area contributed by atoms with E-state index in [1.54, 1.807) is 6.92 Å². The van der Waals surface area contributed by atoms with E-state index in [2.05, 4.69) is 4.74 Å². The van der Waals surface area contributed by atoms with Gasteiger partial charge in [0.05, 0.1) is 7.11 Å². The monoisotopic (exact) mass is 308 g/mol. The molecule has 1 aromatic carbocycles. The average Bonchev–Trinajstić information content (AvgIpc) is 2.33. The molecule has 0 saturated heterocycles. The van der Waals surface area contributed by atoms with Crippen molar-refractivity contribution in [3.63, 3.8) is 0 Å². The van der Waals surface area contributed by atoms with Crippen molar-refractivity contribution in [3.8, 4) is 0 Å². The number of rotatable bonds is 4. The van der Waals surface area contributed by atoms with Crippen LogP contribution in [0.25, 0.3) is 0 Å². The van der Waals surface area contributed by atoms with Crippen LogP contribution in [0.3, 0.4) is 0 Å². The van der Waals surface area contributed by atoms with Crippen LogP contribution in [0.1, 0.15) is 22.3 Å². The molecule has 0 heterocycles. The predicted molar refractivity (Wildman–Crippen MR) is 71.8 cm³/mol. The van der Waals surface area contributed by atoms with Gasteiger partial charge in [-0.2, -0.15) is 0 Å². The number of ketones is 1. The van der Waals surface area contributed by atoms with Crippen molar-refractivity contribution in [2.45, 2.75) is 18.7 Å². The highest BCUT2D eigenvalue weighted by atomic mass is 35.5. The topological polar surface area (TPSA) is 43.4 Å². The Hall–Kier alpha value is -0.770. The van der Waals surface area contributed by atoms with Gasteiger partial charge in [0.1, 0.15) is 5.38 Å². The third kappa shape index (κ3) is 3.61. The van der Waals surface area contributed by atoms with Crippen molar-refractivity contribution in [2.24, 2.45) is 0 Å². The number of benzene rings is 1. The number of ether oxygens (including phenoxy) is 1. The number of halogens is 3. The van der Waals surface area contributed by atoms with E-state index in [9.17, 15) is 9.59 Å². The molecule has 0 N–H and O–H groups in total. The maximum absolute atomic E-state index is 11.9. The van der Waals surface area contributed by atoms with E-state index >= 15 is 0 Å². The molecule has 0 spiro atoms. The van der Waals surface area contributed by atoms with Crippen LogP contribution in [0.15, 0.2) is 12.1 Å². The first-order chi connectivity index (χ1) is 8.36. The average molecular weight is 310 g/mol. The zero-order valence-corrected chi connectivity index (χ0v) is 12.1. The van der Waals surface area contributed by atoms with Gasteiger partial charge in [0, 0.05) is 22.0 Å². The Labute approximate surface area is 120 Å². The van der Waals surface area contributed by atoms with Gasteiger partial charge in [-0.1, -0.05) is 23.2 Å². The Morgan fingerprint density at radius 1 is 1.28 bits per heavy atom. The quantitative estimate of drug-likeness (QED) is 0.484. The molecular formula is C12H11Cl3O3. The van der Waals surface area contributed by atoms with Gasteiger partial charge in [0.15, 0.2) is 5.78 Å². The Kier molecular flexibility index (Phi) is 5.45. The van der Waals surface area contributed by atoms with Crippen molar-refractivity contribution < 1.29 is 14.3 Å². The number of alkyl halides is 1. The Balaban J connectivity index is 2.89. The van der Waals surface area contributed by atoms with Gasteiger partial charge in [-0.25, -0.2) is 0 Å². The molecule has 0 aliphatic rings. The summed E-state index contributed by atoms with van der Waals surface area (Å²) in [6.07, 6.45) is -0.163. The summed E-state index contributed by atoms with van der Waals surface area (Å²) in [7, 11) is 1.21. The summed E-state index contributed by atoms with van der Waals surface area (Å²) in [6.45, 7) is 1.75. The minimum atomic E-state index is -1.01. The molecular weight excluding hydrogens is 298 g/mol. The second kappa shape index (κ2) is 6.41. The third-order valence-electron chi connectivity index (χ3n) is 2.42. The molecule has 0 aliphatic carbocycles. The second-order valence-corrected chi connectivity index (χ2v) is 5.02. The lowest BCUT2D eigenvalue weighted by Gasteiger charge is -2.08. The van der Waals surface area contributed by atoms with Crippen molar-refractivity contribution in [3.05, 3.63) is 33.3 Å². The smallest absolute Gasteiger partial charge is 0.324 e. The van der Waals surface area contributed by atoms with E-state index in [-0.39, 0.29) is 12.2 Å². The highest BCUT2D eigenvalue weighted by Crippen LogP contribution is 2.26. The number of methoxy groups -OCH3 is 1. The molecule has 1 aromatic rings. The number of esters is 1. The molecule has 98 valence electrons. The predicted octanol–water partition coefficient (Wildman–Crippen LogP) is 3.66. The van der Waals surface area contributed by atoms with Crippen LogP contribution in [-0.4, -0.2) is 24.2 Å². The molecule has 0 saturated carbocycles. The molecule has 18 heavy (non-hydrogen) atoms. The van der Waals surface area contributed by atoms with Crippen LogP contribution in [-0.2, 0) is 9.53 Å². The molecule has 3 nitrogen and oxygen atoms in total. The van der Waals surface area contributed by atoms with Crippen molar-refractivity contribution >= 4 is 46.6 Å². The fourth-order valence-electron chi connectivity index (χ4n) is 1.30. The van der Waals surface area contributed by atoms with Crippen LogP contribution >= 0.6 is 34.8 Å². The van der Waals surface area contributed by atoms with Gasteiger partial charge in [-0.15, -0.1) is 11.6 Å². The highest BCUT2D eigenvalue weighted by Gasteiger charge is 2.21. The summed E-state index contributed by atoms with van der Waals surface area (Å²) in [5.41, 5.74) is 1.02. The molecule has 1 unspecified atom stereocenters. The number of carbonyl (C=O) groups is 2. The molecule has 1 atom stereocenters. The number of hydrogen-bond donors (Lipinski definition) is 0. The van der Waals surface area contributed by atoms with E-state index in [1.165, 1.54) is 19.2 Å². The minimum Gasteiger partial charge on any atom is -0.468 e. The molecule has 0 fully saturated rings. The first-order valence-corrected chi connectivity index (χ1v) is 6.26. The highest BCUT2D eigenvalue weighted by molar-refractivity contribution is 6.36. The van der Waals surface area contributed by atoms with Gasteiger partial charge < -0.3 is 4.74 Å². The molecule has 1 rings (SSSR count). The number of Topliss-reactive ketones (excluding diaryl/α,β-unsaturated/α-hetero) is 1. The Bertz CT molecular complexity index is 462. The SMILES string of the molecule is COC(=O)C(Cl)CC(=O)c1cc(Cl)c(C)c(Cl)c1. The first kappa shape index (κ1) is 15.3. The summed E-state index contributed by atoms with van der Waals surface area (Å²) in [5.74, 6) is -0.960. The van der Waals surface area contributed by atoms with Crippen molar-refractivity contribution in [1.29, 1.82) is 0 Å². The normalized spacial score (nSPS) is 12.1. The van der Waals surface area contributed by atoms with E-state index in [0.29, 0.717) is 21.2 Å². The summed E-state index contributed by atoms with van der Waals surface area (Å²) in [5, 5.41) is -0.216. The van der Waals surface area contributed by atoms with Crippen LogP contribution in [0, 0.1) is 6.92 Å².